The summed E-state index contributed by atoms with van der Waals surface area (Å²) in [7, 11) is 0. The summed E-state index contributed by atoms with van der Waals surface area (Å²) in [4.78, 5) is 0. The highest BCUT2D eigenvalue weighted by molar-refractivity contribution is 5.95. The van der Waals surface area contributed by atoms with Gasteiger partial charge in [0.05, 0.1) is 0 Å². The summed E-state index contributed by atoms with van der Waals surface area (Å²) in [5.74, 6) is -0.527. The molecular formula is C92H82. The first-order valence-corrected chi connectivity index (χ1v) is 32.8. The van der Waals surface area contributed by atoms with E-state index in [4.69, 9.17) is 0 Å². The molecule has 13 aromatic rings. The summed E-state index contributed by atoms with van der Waals surface area (Å²) in [6, 6.07) is 121. The molecule has 2 unspecified atom stereocenters. The van der Waals surface area contributed by atoms with Crippen LogP contribution in [0.4, 0.5) is 0 Å². The molecule has 0 aromatic heterocycles. The maximum absolute atomic E-state index is 2.62. The van der Waals surface area contributed by atoms with E-state index in [9.17, 15) is 0 Å². The molecule has 0 heteroatoms. The molecule has 0 aliphatic rings. The van der Waals surface area contributed by atoms with Gasteiger partial charge in [0.1, 0.15) is 0 Å². The van der Waals surface area contributed by atoms with Crippen LogP contribution in [0, 0.1) is 0 Å². The van der Waals surface area contributed by atoms with Crippen LogP contribution in [0.1, 0.15) is 124 Å². The predicted octanol–water partition coefficient (Wildman–Crippen LogP) is 25.3. The lowest BCUT2D eigenvalue weighted by atomic mass is 9.71. The summed E-state index contributed by atoms with van der Waals surface area (Å²) in [6.07, 6.45) is 0. The molecule has 2 atom stereocenters. The minimum absolute atomic E-state index is 0.0568. The molecule has 0 amide bonds. The van der Waals surface area contributed by atoms with Crippen LogP contribution in [-0.4, -0.2) is 0 Å². The second-order valence-corrected chi connectivity index (χ2v) is 27.9. The molecule has 0 N–H and O–H groups in total. The Kier molecular flexibility index (Phi) is 16.9. The Hall–Kier alpha value is -10.1. The molecule has 13 aromatic carbocycles. The van der Waals surface area contributed by atoms with Crippen molar-refractivity contribution in [2.24, 2.45) is 0 Å². The fraction of sp³-hybridized carbons (Fsp3) is 0.152. The lowest BCUT2D eigenvalue weighted by Crippen LogP contribution is -2.17. The normalized spacial score (nSPS) is 12.5. The van der Waals surface area contributed by atoms with Crippen molar-refractivity contribution in [2.45, 2.75) is 90.4 Å². The average Bonchev–Trinajstić information content (AvgIpc) is 0.759. The maximum Gasteiger partial charge on any atom is 0.0352 e. The van der Waals surface area contributed by atoms with Gasteiger partial charge in [0.25, 0.3) is 0 Å². The molecule has 92 heavy (non-hydrogen) atoms. The molecule has 0 spiro atoms. The van der Waals surface area contributed by atoms with Crippen molar-refractivity contribution in [1.82, 2.24) is 0 Å². The standard InChI is InChI=1S/C92H82/c1-90(2,3)71-56-52-67(53-57-71)86(88-82(78-44-26-22-40-74(78)63-32-14-10-15-33-63)48-30-49-83(88)79-45-27-23-41-75(79)64-34-16-11-17-35-64)69-60-70(62-73(61-69)92(7,8)9)87(68-54-58-72(59-55-68)91(4,5)6)89-84(80-46-28-24-42-76(80)65-36-18-12-19-37-65)50-31-51-85(89)81-47-29-25-43-77(81)66-38-20-13-21-39-66/h10-62,86-87H,1-9H3. The van der Waals surface area contributed by atoms with Gasteiger partial charge in [-0.25, -0.2) is 0 Å². The van der Waals surface area contributed by atoms with Crippen molar-refractivity contribution in [3.63, 3.8) is 0 Å². The highest BCUT2D eigenvalue weighted by Crippen LogP contribution is 2.52. The van der Waals surface area contributed by atoms with Crippen LogP contribution in [0.3, 0.4) is 0 Å². The van der Waals surface area contributed by atoms with Gasteiger partial charge in [0.15, 0.2) is 0 Å². The van der Waals surface area contributed by atoms with E-state index in [1.54, 1.807) is 0 Å². The summed E-state index contributed by atoms with van der Waals surface area (Å²) in [6.45, 7) is 21.1. The maximum atomic E-state index is 2.62. The van der Waals surface area contributed by atoms with Gasteiger partial charge in [-0.1, -0.05) is 384 Å². The highest BCUT2D eigenvalue weighted by Gasteiger charge is 2.33. The van der Waals surface area contributed by atoms with Crippen molar-refractivity contribution >= 4 is 0 Å². The van der Waals surface area contributed by atoms with Crippen LogP contribution in [0.2, 0.25) is 0 Å². The van der Waals surface area contributed by atoms with Gasteiger partial charge < -0.3 is 0 Å². The smallest absolute Gasteiger partial charge is 0.0352 e. The van der Waals surface area contributed by atoms with Crippen molar-refractivity contribution in [3.05, 3.63) is 372 Å². The Morgan fingerprint density at radius 2 is 0.391 bits per heavy atom. The van der Waals surface area contributed by atoms with E-state index in [0.717, 1.165) is 0 Å². The third-order valence-electron chi connectivity index (χ3n) is 18.7. The number of hydrogen-bond acceptors (Lipinski definition) is 0. The molecule has 0 saturated heterocycles. The zero-order chi connectivity index (χ0) is 63.6. The zero-order valence-electron chi connectivity index (χ0n) is 54.8. The monoisotopic (exact) mass is 1190 g/mol. The largest absolute Gasteiger partial charge is 0.0622 e. The van der Waals surface area contributed by atoms with E-state index in [1.165, 1.54) is 139 Å². The minimum atomic E-state index is -0.267. The van der Waals surface area contributed by atoms with E-state index in [-0.39, 0.29) is 28.1 Å². The highest BCUT2D eigenvalue weighted by atomic mass is 14.4. The molecule has 0 nitrogen and oxygen atoms in total. The SMILES string of the molecule is CC(C)(C)c1ccc(C(c2cc(C(c3ccc(C(C)(C)C)cc3)c3c(-c4ccccc4-c4ccccc4)cccc3-c3ccccc3-c3ccccc3)cc(C(C)(C)C)c2)c2c(-c3ccccc3-c3ccccc3)cccc2-c2ccccc2-c2ccccc2)cc1. The molecule has 0 heterocycles. The third-order valence-corrected chi connectivity index (χ3v) is 18.7. The Bertz CT molecular complexity index is 4190. The summed E-state index contributed by atoms with van der Waals surface area (Å²) >= 11 is 0. The lowest BCUT2D eigenvalue weighted by Gasteiger charge is -2.32. The molecular weight excluding hydrogens is 1110 g/mol. The second-order valence-electron chi connectivity index (χ2n) is 27.9. The van der Waals surface area contributed by atoms with E-state index in [0.29, 0.717) is 0 Å². The first-order valence-electron chi connectivity index (χ1n) is 32.8. The average molecular weight is 1190 g/mol. The van der Waals surface area contributed by atoms with Gasteiger partial charge in [-0.2, -0.15) is 0 Å². The lowest BCUT2D eigenvalue weighted by molar-refractivity contribution is 0.587. The number of hydrogen-bond donors (Lipinski definition) is 0. The molecule has 13 rings (SSSR count). The minimum Gasteiger partial charge on any atom is -0.0622 e. The molecule has 0 bridgehead atoms. The first-order chi connectivity index (χ1) is 44.6. The molecule has 0 fully saturated rings. The molecule has 0 saturated carbocycles. The van der Waals surface area contributed by atoms with Gasteiger partial charge in [0, 0.05) is 11.8 Å². The summed E-state index contributed by atoms with van der Waals surface area (Å²) in [5, 5.41) is 0. The Balaban J connectivity index is 1.18. The third kappa shape index (κ3) is 12.4. The molecule has 0 radical (unpaired) electrons. The van der Waals surface area contributed by atoms with E-state index in [2.05, 4.69) is 384 Å². The van der Waals surface area contributed by atoms with Gasteiger partial charge in [0.2, 0.25) is 0 Å². The van der Waals surface area contributed by atoms with Gasteiger partial charge in [-0.05, 0) is 155 Å². The van der Waals surface area contributed by atoms with Crippen LogP contribution in [0.5, 0.6) is 0 Å². The van der Waals surface area contributed by atoms with Crippen LogP contribution in [0.25, 0.3) is 89.0 Å². The van der Waals surface area contributed by atoms with Gasteiger partial charge >= 0.3 is 0 Å². The predicted molar refractivity (Wildman–Crippen MR) is 394 cm³/mol. The number of benzene rings is 13. The Morgan fingerprint density at radius 1 is 0.174 bits per heavy atom. The second kappa shape index (κ2) is 25.6. The van der Waals surface area contributed by atoms with Crippen LogP contribution < -0.4 is 0 Å². The quantitative estimate of drug-likeness (QED) is 0.0952. The van der Waals surface area contributed by atoms with Crippen LogP contribution in [0.15, 0.2) is 322 Å². The fourth-order valence-electron chi connectivity index (χ4n) is 13.9. The zero-order valence-corrected chi connectivity index (χ0v) is 54.8. The van der Waals surface area contributed by atoms with Gasteiger partial charge in [-0.15, -0.1) is 0 Å². The molecule has 0 aliphatic carbocycles. The summed E-state index contributed by atoms with van der Waals surface area (Å²) in [5.41, 5.74) is 30.1. The van der Waals surface area contributed by atoms with Crippen LogP contribution >= 0.6 is 0 Å². The number of rotatable bonds is 14. The fourth-order valence-corrected chi connectivity index (χ4v) is 13.9. The summed E-state index contributed by atoms with van der Waals surface area (Å²) < 4.78 is 0. The van der Waals surface area contributed by atoms with Crippen molar-refractivity contribution < 1.29 is 0 Å². The molecule has 450 valence electrons. The van der Waals surface area contributed by atoms with Crippen molar-refractivity contribution in [3.8, 4) is 89.0 Å². The topological polar surface area (TPSA) is 0 Å². The van der Waals surface area contributed by atoms with Crippen LogP contribution in [-0.2, 0) is 16.2 Å². The van der Waals surface area contributed by atoms with Crippen molar-refractivity contribution in [2.75, 3.05) is 0 Å². The Labute approximate surface area is 547 Å². The van der Waals surface area contributed by atoms with Gasteiger partial charge in [-0.3, -0.25) is 0 Å². The molecule has 0 aliphatic heterocycles. The van der Waals surface area contributed by atoms with E-state index in [1.807, 2.05) is 0 Å². The first kappa shape index (κ1) is 60.8. The Morgan fingerprint density at radius 3 is 0.630 bits per heavy atom. The van der Waals surface area contributed by atoms with E-state index < -0.39 is 0 Å². The van der Waals surface area contributed by atoms with Crippen molar-refractivity contribution in [1.29, 1.82) is 0 Å². The van der Waals surface area contributed by atoms with E-state index >= 15 is 0 Å².